The lowest BCUT2D eigenvalue weighted by Gasteiger charge is -2.10. The Labute approximate surface area is 335 Å². The standard InChI is InChI=1S/C54H36F4/c55-47-26-18-43(19-27-47)53(44-20-28-48(56)29-21-44)35-39-9-5-37(6-10-39)13-15-42-17-16-41-3-1-2-4-51(41)52(42)34-14-38-7-11-40(12-8-38)36-54(45-22-30-49(57)31-23-45)46-24-32-50(58)33-25-46/h1-36H/b15-13+,34-14+. The van der Waals surface area contributed by atoms with Crippen molar-refractivity contribution >= 4 is 58.4 Å². The lowest BCUT2D eigenvalue weighted by molar-refractivity contribution is 0.627. The normalized spacial score (nSPS) is 11.3. The second-order valence-electron chi connectivity index (χ2n) is 13.9. The minimum Gasteiger partial charge on any atom is -0.207 e. The fraction of sp³-hybridized carbons (Fsp3) is 0. The van der Waals surface area contributed by atoms with Crippen molar-refractivity contribution < 1.29 is 17.6 Å². The fourth-order valence-corrected chi connectivity index (χ4v) is 6.93. The van der Waals surface area contributed by atoms with Crippen LogP contribution >= 0.6 is 0 Å². The van der Waals surface area contributed by atoms with E-state index in [4.69, 9.17) is 0 Å². The number of halogens is 4. The van der Waals surface area contributed by atoms with Gasteiger partial charge in [0.15, 0.2) is 0 Å². The molecule has 280 valence electrons. The third-order valence-electron chi connectivity index (χ3n) is 10.0. The molecule has 0 bridgehead atoms. The molecule has 0 aliphatic carbocycles. The molecule has 0 saturated heterocycles. The van der Waals surface area contributed by atoms with Gasteiger partial charge in [-0.05, 0) is 138 Å². The molecule has 0 radical (unpaired) electrons. The van der Waals surface area contributed by atoms with Crippen LogP contribution in [-0.2, 0) is 0 Å². The summed E-state index contributed by atoms with van der Waals surface area (Å²) in [6.07, 6.45) is 12.5. The van der Waals surface area contributed by atoms with Gasteiger partial charge in [0.2, 0.25) is 0 Å². The highest BCUT2D eigenvalue weighted by Crippen LogP contribution is 2.30. The molecule has 8 aromatic carbocycles. The SMILES string of the molecule is Fc1ccc(C(=Cc2ccc(/C=C/c3ccc4ccccc4c3/C=C/c3ccc(C=C(c4ccc(F)cc4)c4ccc(F)cc4)cc3)cc2)c2ccc(F)cc2)cc1. The zero-order chi connectivity index (χ0) is 39.8. The first-order valence-corrected chi connectivity index (χ1v) is 18.9. The Hall–Kier alpha value is -7.30. The predicted octanol–water partition coefficient (Wildman–Crippen LogP) is 14.9. The highest BCUT2D eigenvalue weighted by atomic mass is 19.1. The Morgan fingerprint density at radius 1 is 0.310 bits per heavy atom. The second-order valence-corrected chi connectivity index (χ2v) is 13.9. The second kappa shape index (κ2) is 17.2. The van der Waals surface area contributed by atoms with E-state index in [2.05, 4.69) is 72.8 Å². The van der Waals surface area contributed by atoms with Crippen LogP contribution in [0.2, 0.25) is 0 Å². The number of hydrogen-bond donors (Lipinski definition) is 0. The molecule has 8 aromatic rings. The molecule has 0 amide bonds. The first kappa shape index (κ1) is 37.6. The van der Waals surface area contributed by atoms with Crippen LogP contribution in [0.4, 0.5) is 17.6 Å². The summed E-state index contributed by atoms with van der Waals surface area (Å²) in [7, 11) is 0. The van der Waals surface area contributed by atoms with E-state index < -0.39 is 0 Å². The van der Waals surface area contributed by atoms with E-state index in [1.54, 1.807) is 48.5 Å². The molecule has 8 rings (SSSR count). The zero-order valence-electron chi connectivity index (χ0n) is 31.3. The Balaban J connectivity index is 1.06. The van der Waals surface area contributed by atoms with Gasteiger partial charge >= 0.3 is 0 Å². The Kier molecular flexibility index (Phi) is 11.2. The smallest absolute Gasteiger partial charge is 0.123 e. The molecule has 4 heteroatoms. The quantitative estimate of drug-likeness (QED) is 0.0962. The van der Waals surface area contributed by atoms with Crippen molar-refractivity contribution in [2.24, 2.45) is 0 Å². The summed E-state index contributed by atoms with van der Waals surface area (Å²) in [5.41, 5.74) is 11.2. The lowest BCUT2D eigenvalue weighted by atomic mass is 9.95. The predicted molar refractivity (Wildman–Crippen MR) is 234 cm³/mol. The summed E-state index contributed by atoms with van der Waals surface area (Å²) >= 11 is 0. The van der Waals surface area contributed by atoms with Crippen molar-refractivity contribution in [2.75, 3.05) is 0 Å². The van der Waals surface area contributed by atoms with Crippen LogP contribution in [0.1, 0.15) is 55.6 Å². The average molecular weight is 761 g/mol. The van der Waals surface area contributed by atoms with Gasteiger partial charge in [0.1, 0.15) is 23.3 Å². The number of rotatable bonds is 10. The maximum Gasteiger partial charge on any atom is 0.123 e. The van der Waals surface area contributed by atoms with Gasteiger partial charge in [0.25, 0.3) is 0 Å². The third kappa shape index (κ3) is 9.04. The highest BCUT2D eigenvalue weighted by Gasteiger charge is 2.09. The van der Waals surface area contributed by atoms with Crippen LogP contribution < -0.4 is 0 Å². The summed E-state index contributed by atoms with van der Waals surface area (Å²) in [5.74, 6) is -1.26. The van der Waals surface area contributed by atoms with Gasteiger partial charge in [-0.15, -0.1) is 0 Å². The first-order chi connectivity index (χ1) is 28.3. The molecular weight excluding hydrogens is 725 g/mol. The van der Waals surface area contributed by atoms with E-state index in [9.17, 15) is 17.6 Å². The number of fused-ring (bicyclic) bond motifs is 1. The van der Waals surface area contributed by atoms with Crippen LogP contribution in [-0.4, -0.2) is 0 Å². The summed E-state index contributed by atoms with van der Waals surface area (Å²) in [6, 6.07) is 54.2. The average Bonchev–Trinajstić information content (AvgIpc) is 3.25. The van der Waals surface area contributed by atoms with Crippen molar-refractivity contribution in [3.05, 3.63) is 261 Å². The van der Waals surface area contributed by atoms with Crippen molar-refractivity contribution in [3.63, 3.8) is 0 Å². The third-order valence-corrected chi connectivity index (χ3v) is 10.0. The summed E-state index contributed by atoms with van der Waals surface area (Å²) < 4.78 is 55.0. The minimum atomic E-state index is -0.315. The molecule has 0 atom stereocenters. The molecule has 0 fully saturated rings. The molecule has 58 heavy (non-hydrogen) atoms. The molecule has 0 N–H and O–H groups in total. The molecular formula is C54H36F4. The summed E-state index contributed by atoms with van der Waals surface area (Å²) in [6.45, 7) is 0. The molecule has 0 unspecified atom stereocenters. The van der Waals surface area contributed by atoms with E-state index in [0.717, 1.165) is 77.6 Å². The number of hydrogen-bond acceptors (Lipinski definition) is 0. The van der Waals surface area contributed by atoms with Crippen LogP contribution in [0.3, 0.4) is 0 Å². The van der Waals surface area contributed by atoms with Gasteiger partial charge in [-0.25, -0.2) is 17.6 Å². The van der Waals surface area contributed by atoms with Crippen LogP contribution in [0.15, 0.2) is 182 Å². The molecule has 0 heterocycles. The van der Waals surface area contributed by atoms with E-state index in [1.807, 2.05) is 48.6 Å². The topological polar surface area (TPSA) is 0 Å². The maximum absolute atomic E-state index is 13.8. The van der Waals surface area contributed by atoms with Crippen molar-refractivity contribution in [2.45, 2.75) is 0 Å². The molecule has 0 nitrogen and oxygen atoms in total. The molecule has 0 aromatic heterocycles. The van der Waals surface area contributed by atoms with Crippen molar-refractivity contribution in [1.82, 2.24) is 0 Å². The first-order valence-electron chi connectivity index (χ1n) is 18.9. The monoisotopic (exact) mass is 760 g/mol. The van der Waals surface area contributed by atoms with E-state index in [0.29, 0.717) is 0 Å². The molecule has 0 aliphatic heterocycles. The Morgan fingerprint density at radius 3 is 1.09 bits per heavy atom. The minimum absolute atomic E-state index is 0.315. The highest BCUT2D eigenvalue weighted by molar-refractivity contribution is 5.98. The fourth-order valence-electron chi connectivity index (χ4n) is 6.93. The van der Waals surface area contributed by atoms with Gasteiger partial charge in [-0.1, -0.05) is 158 Å². The molecule has 0 spiro atoms. The van der Waals surface area contributed by atoms with Crippen LogP contribution in [0, 0.1) is 23.3 Å². The summed E-state index contributed by atoms with van der Waals surface area (Å²) in [5, 5.41) is 2.28. The Morgan fingerprint density at radius 2 is 0.672 bits per heavy atom. The summed E-state index contributed by atoms with van der Waals surface area (Å²) in [4.78, 5) is 0. The zero-order valence-corrected chi connectivity index (χ0v) is 31.3. The van der Waals surface area contributed by atoms with E-state index >= 15 is 0 Å². The van der Waals surface area contributed by atoms with Crippen molar-refractivity contribution in [1.29, 1.82) is 0 Å². The number of benzene rings is 8. The van der Waals surface area contributed by atoms with Gasteiger partial charge in [0, 0.05) is 0 Å². The van der Waals surface area contributed by atoms with Crippen molar-refractivity contribution in [3.8, 4) is 0 Å². The van der Waals surface area contributed by atoms with Gasteiger partial charge in [-0.2, -0.15) is 0 Å². The maximum atomic E-state index is 13.8. The molecule has 0 saturated carbocycles. The lowest BCUT2D eigenvalue weighted by Crippen LogP contribution is -1.90. The van der Waals surface area contributed by atoms with Crippen LogP contribution in [0.25, 0.3) is 58.4 Å². The molecule has 0 aliphatic rings. The van der Waals surface area contributed by atoms with E-state index in [-0.39, 0.29) is 23.3 Å². The van der Waals surface area contributed by atoms with Gasteiger partial charge < -0.3 is 0 Å². The van der Waals surface area contributed by atoms with Gasteiger partial charge in [-0.3, -0.25) is 0 Å². The largest absolute Gasteiger partial charge is 0.207 e. The van der Waals surface area contributed by atoms with E-state index in [1.165, 1.54) is 48.5 Å². The van der Waals surface area contributed by atoms with Gasteiger partial charge in [0.05, 0.1) is 0 Å². The Bertz CT molecular complexity index is 2690. The van der Waals surface area contributed by atoms with Crippen LogP contribution in [0.5, 0.6) is 0 Å².